The maximum absolute atomic E-state index is 13.8. The highest BCUT2D eigenvalue weighted by Crippen LogP contribution is 2.29. The molecule has 1 amide bonds. The monoisotopic (exact) mass is 330 g/mol. The van der Waals surface area contributed by atoms with Crippen LogP contribution in [0, 0.1) is 18.6 Å². The maximum atomic E-state index is 13.8. The van der Waals surface area contributed by atoms with E-state index in [1.807, 2.05) is 0 Å². The zero-order valence-corrected chi connectivity index (χ0v) is 13.5. The van der Waals surface area contributed by atoms with Crippen molar-refractivity contribution in [2.75, 3.05) is 12.4 Å². The third kappa shape index (κ3) is 2.71. The Kier molecular flexibility index (Phi) is 3.97. The summed E-state index contributed by atoms with van der Waals surface area (Å²) in [5, 5.41) is 3.12. The Bertz CT molecular complexity index is 948. The SMILES string of the molecule is COc1cc(C)c(F)cc1NC(=O)c1cn(C)c2ccc(F)cc12. The number of nitrogens with one attached hydrogen (secondary N) is 1. The van der Waals surface area contributed by atoms with Crippen LogP contribution in [-0.2, 0) is 7.05 Å². The highest BCUT2D eigenvalue weighted by molar-refractivity contribution is 6.13. The van der Waals surface area contributed by atoms with Gasteiger partial charge in [0, 0.05) is 30.2 Å². The number of aryl methyl sites for hydroxylation is 2. The Hall–Kier alpha value is -2.89. The smallest absolute Gasteiger partial charge is 0.257 e. The van der Waals surface area contributed by atoms with E-state index in [2.05, 4.69) is 5.32 Å². The standard InChI is InChI=1S/C18H16F2N2O2/c1-10-6-17(24-3)15(8-14(10)20)21-18(23)13-9-22(2)16-5-4-11(19)7-12(13)16/h4-9H,1-3H3,(H,21,23). The quantitative estimate of drug-likeness (QED) is 0.788. The highest BCUT2D eigenvalue weighted by atomic mass is 19.1. The zero-order valence-electron chi connectivity index (χ0n) is 13.5. The molecule has 0 aliphatic heterocycles. The van der Waals surface area contributed by atoms with E-state index in [9.17, 15) is 13.6 Å². The van der Waals surface area contributed by atoms with Gasteiger partial charge in [-0.3, -0.25) is 4.79 Å². The number of hydrogen-bond acceptors (Lipinski definition) is 2. The Morgan fingerprint density at radius 3 is 2.67 bits per heavy atom. The third-order valence-corrected chi connectivity index (χ3v) is 3.93. The predicted molar refractivity (Wildman–Crippen MR) is 88.5 cm³/mol. The molecule has 24 heavy (non-hydrogen) atoms. The molecular weight excluding hydrogens is 314 g/mol. The number of fused-ring (bicyclic) bond motifs is 1. The fourth-order valence-corrected chi connectivity index (χ4v) is 2.66. The molecule has 2 aromatic carbocycles. The zero-order chi connectivity index (χ0) is 17.4. The van der Waals surface area contributed by atoms with Crippen LogP contribution >= 0.6 is 0 Å². The van der Waals surface area contributed by atoms with Crippen LogP contribution < -0.4 is 10.1 Å². The van der Waals surface area contributed by atoms with Crippen molar-refractivity contribution in [3.8, 4) is 5.75 Å². The summed E-state index contributed by atoms with van der Waals surface area (Å²) in [6.45, 7) is 1.61. The molecule has 0 aliphatic carbocycles. The normalized spacial score (nSPS) is 10.9. The molecular formula is C18H16F2N2O2. The first kappa shape index (κ1) is 16.0. The molecule has 1 heterocycles. The van der Waals surface area contributed by atoms with Crippen molar-refractivity contribution in [1.82, 2.24) is 4.57 Å². The van der Waals surface area contributed by atoms with Crippen LogP contribution in [-0.4, -0.2) is 17.6 Å². The largest absolute Gasteiger partial charge is 0.495 e. The number of anilines is 1. The van der Waals surface area contributed by atoms with Crippen LogP contribution in [0.15, 0.2) is 36.5 Å². The number of benzene rings is 2. The van der Waals surface area contributed by atoms with Crippen molar-refractivity contribution in [2.24, 2.45) is 7.05 Å². The summed E-state index contributed by atoms with van der Waals surface area (Å²) in [7, 11) is 3.21. The number of amides is 1. The minimum absolute atomic E-state index is 0.221. The molecule has 0 fully saturated rings. The van der Waals surface area contributed by atoms with Gasteiger partial charge in [-0.25, -0.2) is 8.78 Å². The van der Waals surface area contributed by atoms with Crippen molar-refractivity contribution in [3.63, 3.8) is 0 Å². The minimum Gasteiger partial charge on any atom is -0.495 e. The first-order chi connectivity index (χ1) is 11.4. The number of hydrogen-bond donors (Lipinski definition) is 1. The van der Waals surface area contributed by atoms with Gasteiger partial charge in [0.2, 0.25) is 0 Å². The van der Waals surface area contributed by atoms with Crippen molar-refractivity contribution in [3.05, 3.63) is 59.3 Å². The summed E-state index contributed by atoms with van der Waals surface area (Å²) in [4.78, 5) is 12.6. The lowest BCUT2D eigenvalue weighted by atomic mass is 10.1. The van der Waals surface area contributed by atoms with E-state index >= 15 is 0 Å². The molecule has 0 bridgehead atoms. The Labute approximate surface area is 137 Å². The average Bonchev–Trinajstić information content (AvgIpc) is 2.87. The van der Waals surface area contributed by atoms with Crippen molar-refractivity contribution in [1.29, 1.82) is 0 Å². The molecule has 6 heteroatoms. The molecule has 0 saturated carbocycles. The molecule has 4 nitrogen and oxygen atoms in total. The molecule has 3 rings (SSSR count). The number of methoxy groups -OCH3 is 1. The van der Waals surface area contributed by atoms with Crippen molar-refractivity contribution in [2.45, 2.75) is 6.92 Å². The lowest BCUT2D eigenvalue weighted by molar-refractivity contribution is 0.102. The van der Waals surface area contributed by atoms with E-state index in [0.29, 0.717) is 22.3 Å². The van der Waals surface area contributed by atoms with E-state index in [0.717, 1.165) is 5.52 Å². The Morgan fingerprint density at radius 2 is 1.96 bits per heavy atom. The summed E-state index contributed by atoms with van der Waals surface area (Å²) in [6.07, 6.45) is 1.61. The fourth-order valence-electron chi connectivity index (χ4n) is 2.66. The van der Waals surface area contributed by atoms with Crippen LogP contribution in [0.2, 0.25) is 0 Å². The van der Waals surface area contributed by atoms with Gasteiger partial charge in [-0.2, -0.15) is 0 Å². The van der Waals surface area contributed by atoms with Crippen molar-refractivity contribution >= 4 is 22.5 Å². The van der Waals surface area contributed by atoms with Gasteiger partial charge in [-0.15, -0.1) is 0 Å². The topological polar surface area (TPSA) is 43.3 Å². The Morgan fingerprint density at radius 1 is 1.21 bits per heavy atom. The third-order valence-electron chi connectivity index (χ3n) is 3.93. The van der Waals surface area contributed by atoms with Gasteiger partial charge in [0.1, 0.15) is 17.4 Å². The van der Waals surface area contributed by atoms with Crippen LogP contribution in [0.25, 0.3) is 10.9 Å². The van der Waals surface area contributed by atoms with Crippen LogP contribution in [0.4, 0.5) is 14.5 Å². The molecule has 0 aliphatic rings. The number of rotatable bonds is 3. The summed E-state index contributed by atoms with van der Waals surface area (Å²) < 4.78 is 34.2. The summed E-state index contributed by atoms with van der Waals surface area (Å²) in [5.74, 6) is -0.988. The Balaban J connectivity index is 2.02. The first-order valence-corrected chi connectivity index (χ1v) is 7.30. The predicted octanol–water partition coefficient (Wildman–Crippen LogP) is 4.03. The molecule has 0 saturated heterocycles. The van der Waals surface area contributed by atoms with Gasteiger partial charge in [0.25, 0.3) is 5.91 Å². The van der Waals surface area contributed by atoms with E-state index in [1.165, 1.54) is 31.4 Å². The number of halogens is 2. The number of aromatic nitrogens is 1. The van der Waals surface area contributed by atoms with Gasteiger partial charge in [-0.1, -0.05) is 0 Å². The number of carbonyl (C=O) groups excluding carboxylic acids is 1. The minimum atomic E-state index is -0.465. The molecule has 3 aromatic rings. The molecule has 1 aromatic heterocycles. The van der Waals surface area contributed by atoms with E-state index in [1.54, 1.807) is 30.8 Å². The van der Waals surface area contributed by atoms with Crippen molar-refractivity contribution < 1.29 is 18.3 Å². The highest BCUT2D eigenvalue weighted by Gasteiger charge is 2.17. The molecule has 0 atom stereocenters. The second-order valence-electron chi connectivity index (χ2n) is 5.57. The van der Waals surface area contributed by atoms with E-state index < -0.39 is 17.5 Å². The van der Waals surface area contributed by atoms with Gasteiger partial charge in [-0.05, 0) is 36.8 Å². The number of nitrogens with zero attached hydrogens (tertiary/aromatic N) is 1. The molecule has 0 spiro atoms. The number of ether oxygens (including phenoxy) is 1. The summed E-state index contributed by atoms with van der Waals surface area (Å²) in [5.41, 5.74) is 1.66. The van der Waals surface area contributed by atoms with E-state index in [-0.39, 0.29) is 5.69 Å². The second-order valence-corrected chi connectivity index (χ2v) is 5.57. The molecule has 1 N–H and O–H groups in total. The lowest BCUT2D eigenvalue weighted by Crippen LogP contribution is -2.13. The van der Waals surface area contributed by atoms with Crippen LogP contribution in [0.3, 0.4) is 0 Å². The average molecular weight is 330 g/mol. The summed E-state index contributed by atoms with van der Waals surface area (Å²) >= 11 is 0. The number of carbonyl (C=O) groups is 1. The maximum Gasteiger partial charge on any atom is 0.257 e. The lowest BCUT2D eigenvalue weighted by Gasteiger charge is -2.11. The van der Waals surface area contributed by atoms with Gasteiger partial charge >= 0.3 is 0 Å². The van der Waals surface area contributed by atoms with Crippen LogP contribution in [0.1, 0.15) is 15.9 Å². The second kappa shape index (κ2) is 5.96. The fraction of sp³-hybridized carbons (Fsp3) is 0.167. The van der Waals surface area contributed by atoms with Gasteiger partial charge < -0.3 is 14.6 Å². The van der Waals surface area contributed by atoms with Crippen LogP contribution in [0.5, 0.6) is 5.75 Å². The summed E-state index contributed by atoms with van der Waals surface area (Å²) in [6, 6.07) is 6.96. The van der Waals surface area contributed by atoms with Gasteiger partial charge in [0.05, 0.1) is 18.4 Å². The first-order valence-electron chi connectivity index (χ1n) is 7.30. The van der Waals surface area contributed by atoms with E-state index in [4.69, 9.17) is 4.74 Å². The molecule has 124 valence electrons. The molecule has 0 radical (unpaired) electrons. The molecule has 0 unspecified atom stereocenters. The van der Waals surface area contributed by atoms with Gasteiger partial charge in [0.15, 0.2) is 0 Å².